The minimum absolute atomic E-state index is 0.0697. The lowest BCUT2D eigenvalue weighted by Crippen LogP contribution is -2.48. The molecule has 0 bridgehead atoms. The molecule has 3 heterocycles. The van der Waals surface area contributed by atoms with Gasteiger partial charge in [-0.05, 0) is 13.8 Å². The van der Waals surface area contributed by atoms with E-state index in [9.17, 15) is 4.79 Å². The number of rotatable bonds is 3. The number of carbonyl (C=O) groups is 1. The Morgan fingerprint density at radius 2 is 2.10 bits per heavy atom. The van der Waals surface area contributed by atoms with Crippen LogP contribution in [0.1, 0.15) is 27.0 Å². The third-order valence-corrected chi connectivity index (χ3v) is 4.37. The highest BCUT2D eigenvalue weighted by atomic mass is 32.1. The fourth-order valence-electron chi connectivity index (χ4n) is 2.44. The molecule has 1 fully saturated rings. The lowest BCUT2D eigenvalue weighted by molar-refractivity contribution is 0.0587. The quantitative estimate of drug-likeness (QED) is 0.864. The number of aryl methyl sites for hydroxylation is 2. The van der Waals surface area contributed by atoms with E-state index in [2.05, 4.69) is 20.4 Å². The number of hydrogen-bond acceptors (Lipinski definition) is 6. The molecule has 1 aliphatic heterocycles. The third kappa shape index (κ3) is 3.30. The molecule has 0 saturated carbocycles. The molecule has 0 aliphatic carbocycles. The summed E-state index contributed by atoms with van der Waals surface area (Å²) >= 11 is 1.68. The largest absolute Gasteiger partial charge is 0.351 e. The Labute approximate surface area is 127 Å². The Morgan fingerprint density at radius 1 is 1.33 bits per heavy atom. The van der Waals surface area contributed by atoms with Gasteiger partial charge in [0.2, 0.25) is 5.76 Å². The average Bonchev–Trinajstić information content (AvgIpc) is 3.08. The summed E-state index contributed by atoms with van der Waals surface area (Å²) in [6, 6.07) is 1.69. The second kappa shape index (κ2) is 5.95. The third-order valence-electron chi connectivity index (χ3n) is 3.55. The molecular formula is C14H18N4O2S. The molecule has 1 saturated heterocycles. The number of hydrogen-bond donors (Lipinski definition) is 0. The zero-order chi connectivity index (χ0) is 14.8. The first-order valence-corrected chi connectivity index (χ1v) is 7.86. The van der Waals surface area contributed by atoms with Crippen molar-refractivity contribution in [3.63, 3.8) is 0 Å². The molecule has 0 aromatic carbocycles. The molecule has 3 rings (SSSR count). The monoisotopic (exact) mass is 306 g/mol. The molecule has 2 aromatic rings. The Kier molecular flexibility index (Phi) is 4.03. The van der Waals surface area contributed by atoms with Gasteiger partial charge >= 0.3 is 0 Å². The molecule has 2 aromatic heterocycles. The van der Waals surface area contributed by atoms with E-state index in [0.717, 1.165) is 36.0 Å². The Hall–Kier alpha value is -1.73. The Morgan fingerprint density at radius 3 is 2.67 bits per heavy atom. The van der Waals surface area contributed by atoms with Crippen LogP contribution in [0.25, 0.3) is 0 Å². The van der Waals surface area contributed by atoms with E-state index >= 15 is 0 Å². The molecule has 1 aliphatic rings. The summed E-state index contributed by atoms with van der Waals surface area (Å²) in [4.78, 5) is 20.9. The van der Waals surface area contributed by atoms with Gasteiger partial charge in [0.15, 0.2) is 0 Å². The Bertz CT molecular complexity index is 628. The van der Waals surface area contributed by atoms with Crippen LogP contribution in [-0.2, 0) is 6.54 Å². The van der Waals surface area contributed by atoms with Crippen LogP contribution in [-0.4, -0.2) is 52.0 Å². The summed E-state index contributed by atoms with van der Waals surface area (Å²) in [6.45, 7) is 7.82. The summed E-state index contributed by atoms with van der Waals surface area (Å²) in [5.41, 5.74) is 1.85. The molecule has 0 spiro atoms. The van der Waals surface area contributed by atoms with Gasteiger partial charge in [-0.3, -0.25) is 9.69 Å². The fraction of sp³-hybridized carbons (Fsp3) is 0.500. The molecule has 21 heavy (non-hydrogen) atoms. The average molecular weight is 306 g/mol. The van der Waals surface area contributed by atoms with E-state index in [0.29, 0.717) is 18.8 Å². The number of amides is 1. The fourth-order valence-corrected chi connectivity index (χ4v) is 3.04. The van der Waals surface area contributed by atoms with Crippen molar-refractivity contribution in [3.8, 4) is 0 Å². The second-order valence-electron chi connectivity index (χ2n) is 5.26. The van der Waals surface area contributed by atoms with Crippen molar-refractivity contribution in [1.82, 2.24) is 19.9 Å². The van der Waals surface area contributed by atoms with Crippen LogP contribution in [0.5, 0.6) is 0 Å². The predicted molar refractivity (Wildman–Crippen MR) is 79.3 cm³/mol. The van der Waals surface area contributed by atoms with Crippen molar-refractivity contribution >= 4 is 17.2 Å². The van der Waals surface area contributed by atoms with Gasteiger partial charge in [0, 0.05) is 44.2 Å². The number of aromatic nitrogens is 2. The summed E-state index contributed by atoms with van der Waals surface area (Å²) in [6.07, 6.45) is 0. The van der Waals surface area contributed by atoms with Crippen molar-refractivity contribution in [1.29, 1.82) is 0 Å². The molecule has 112 valence electrons. The van der Waals surface area contributed by atoms with Gasteiger partial charge in [0.05, 0.1) is 16.4 Å². The predicted octanol–water partition coefficient (Wildman–Crippen LogP) is 1.71. The molecular weight excluding hydrogens is 288 g/mol. The lowest BCUT2D eigenvalue weighted by Gasteiger charge is -2.33. The van der Waals surface area contributed by atoms with Crippen LogP contribution in [0, 0.1) is 13.8 Å². The normalized spacial score (nSPS) is 16.4. The first-order valence-electron chi connectivity index (χ1n) is 6.98. The van der Waals surface area contributed by atoms with Gasteiger partial charge < -0.3 is 9.42 Å². The van der Waals surface area contributed by atoms with Gasteiger partial charge in [-0.15, -0.1) is 11.3 Å². The van der Waals surface area contributed by atoms with E-state index in [1.54, 1.807) is 17.4 Å². The minimum Gasteiger partial charge on any atom is -0.351 e. The van der Waals surface area contributed by atoms with Crippen molar-refractivity contribution in [2.75, 3.05) is 26.2 Å². The van der Waals surface area contributed by atoms with Gasteiger partial charge in [-0.25, -0.2) is 4.98 Å². The summed E-state index contributed by atoms with van der Waals surface area (Å²) in [7, 11) is 0. The number of carbonyl (C=O) groups excluding carboxylic acids is 1. The maximum Gasteiger partial charge on any atom is 0.292 e. The first-order chi connectivity index (χ1) is 10.1. The van der Waals surface area contributed by atoms with Crippen molar-refractivity contribution < 1.29 is 9.32 Å². The van der Waals surface area contributed by atoms with Crippen LogP contribution in [0.4, 0.5) is 0 Å². The SMILES string of the molecule is Cc1cc(C(=O)N2CCN(Cc3csc(C)n3)CC2)on1. The maximum absolute atomic E-state index is 12.2. The molecule has 6 nitrogen and oxygen atoms in total. The summed E-state index contributed by atoms with van der Waals surface area (Å²) in [5.74, 6) is 0.260. The number of piperazine rings is 1. The van der Waals surface area contributed by atoms with Crippen LogP contribution >= 0.6 is 11.3 Å². The topological polar surface area (TPSA) is 62.5 Å². The van der Waals surface area contributed by atoms with E-state index in [4.69, 9.17) is 4.52 Å². The van der Waals surface area contributed by atoms with Crippen LogP contribution < -0.4 is 0 Å². The summed E-state index contributed by atoms with van der Waals surface area (Å²) in [5, 5.41) is 6.96. The molecule has 0 radical (unpaired) electrons. The van der Waals surface area contributed by atoms with Gasteiger partial charge in [-0.1, -0.05) is 5.16 Å². The molecule has 0 atom stereocenters. The van der Waals surface area contributed by atoms with E-state index < -0.39 is 0 Å². The molecule has 1 amide bonds. The van der Waals surface area contributed by atoms with E-state index in [-0.39, 0.29) is 5.91 Å². The maximum atomic E-state index is 12.2. The second-order valence-corrected chi connectivity index (χ2v) is 6.32. The van der Waals surface area contributed by atoms with Crippen LogP contribution in [0.2, 0.25) is 0 Å². The lowest BCUT2D eigenvalue weighted by atomic mass is 10.2. The molecule has 7 heteroatoms. The summed E-state index contributed by atoms with van der Waals surface area (Å²) < 4.78 is 5.04. The number of thiazole rings is 1. The van der Waals surface area contributed by atoms with Crippen LogP contribution in [0.15, 0.2) is 16.0 Å². The molecule has 0 N–H and O–H groups in total. The molecule has 0 unspecified atom stereocenters. The van der Waals surface area contributed by atoms with Gasteiger partial charge in [0.25, 0.3) is 5.91 Å². The standard InChI is InChI=1S/C14H18N4O2S/c1-10-7-13(20-16-10)14(19)18-5-3-17(4-6-18)8-12-9-21-11(2)15-12/h7,9H,3-6,8H2,1-2H3. The zero-order valence-corrected chi connectivity index (χ0v) is 13.0. The van der Waals surface area contributed by atoms with Gasteiger partial charge in [-0.2, -0.15) is 0 Å². The minimum atomic E-state index is -0.0697. The van der Waals surface area contributed by atoms with Gasteiger partial charge in [0.1, 0.15) is 0 Å². The smallest absolute Gasteiger partial charge is 0.292 e. The van der Waals surface area contributed by atoms with E-state index in [1.165, 1.54) is 0 Å². The highest BCUT2D eigenvalue weighted by Crippen LogP contribution is 2.14. The highest BCUT2D eigenvalue weighted by Gasteiger charge is 2.24. The van der Waals surface area contributed by atoms with Crippen molar-refractivity contribution in [3.05, 3.63) is 33.6 Å². The van der Waals surface area contributed by atoms with Crippen molar-refractivity contribution in [2.45, 2.75) is 20.4 Å². The van der Waals surface area contributed by atoms with Crippen LogP contribution in [0.3, 0.4) is 0 Å². The van der Waals surface area contributed by atoms with E-state index in [1.807, 2.05) is 18.7 Å². The zero-order valence-electron chi connectivity index (χ0n) is 12.2. The highest BCUT2D eigenvalue weighted by molar-refractivity contribution is 7.09. The Balaban J connectivity index is 1.54. The number of nitrogens with zero attached hydrogens (tertiary/aromatic N) is 4. The van der Waals surface area contributed by atoms with Crippen molar-refractivity contribution in [2.24, 2.45) is 0 Å². The first kappa shape index (κ1) is 14.2.